The number of ether oxygens (including phenoxy) is 2. The van der Waals surface area contributed by atoms with Gasteiger partial charge in [-0.3, -0.25) is 9.59 Å². The van der Waals surface area contributed by atoms with E-state index in [9.17, 15) is 9.59 Å². The Balaban J connectivity index is 1.19. The molecule has 0 radical (unpaired) electrons. The zero-order valence-corrected chi connectivity index (χ0v) is 18.8. The average molecular weight is 458 g/mol. The topological polar surface area (TPSA) is 89.5 Å². The van der Waals surface area contributed by atoms with Gasteiger partial charge in [0.2, 0.25) is 5.88 Å². The van der Waals surface area contributed by atoms with Crippen molar-refractivity contribution in [1.29, 1.82) is 0 Å². The molecule has 1 unspecified atom stereocenters. The molecule has 2 N–H and O–H groups in total. The number of nitrogens with one attached hydrogen (secondary N) is 2. The first-order chi connectivity index (χ1) is 16.7. The summed E-state index contributed by atoms with van der Waals surface area (Å²) >= 11 is 0. The monoisotopic (exact) mass is 457 g/mol. The number of carbonyl (C=O) groups is 2. The number of hydrogen-bond donors (Lipinski definition) is 2. The third kappa shape index (κ3) is 5.03. The highest BCUT2D eigenvalue weighted by molar-refractivity contribution is 5.98. The maximum atomic E-state index is 12.8. The van der Waals surface area contributed by atoms with Crippen molar-refractivity contribution < 1.29 is 19.1 Å². The number of benzene rings is 2. The van der Waals surface area contributed by atoms with Crippen LogP contribution in [0.3, 0.4) is 0 Å². The van der Waals surface area contributed by atoms with E-state index in [-0.39, 0.29) is 17.9 Å². The summed E-state index contributed by atoms with van der Waals surface area (Å²) < 4.78 is 11.8. The first-order valence-corrected chi connectivity index (χ1v) is 11.7. The first kappa shape index (κ1) is 21.9. The molecular formula is C27H27N3O4. The zero-order valence-electron chi connectivity index (χ0n) is 18.8. The van der Waals surface area contributed by atoms with Crippen LogP contribution in [0.1, 0.15) is 47.2 Å². The third-order valence-corrected chi connectivity index (χ3v) is 6.20. The summed E-state index contributed by atoms with van der Waals surface area (Å²) in [5.74, 6) is 0.838. The largest absolute Gasteiger partial charge is 0.480 e. The van der Waals surface area contributed by atoms with Crippen LogP contribution in [0.5, 0.6) is 11.6 Å². The Labute approximate surface area is 198 Å². The van der Waals surface area contributed by atoms with Gasteiger partial charge in [0.25, 0.3) is 11.8 Å². The van der Waals surface area contributed by atoms with Crippen LogP contribution in [-0.2, 0) is 17.8 Å². The fraction of sp³-hybridized carbons (Fsp3) is 0.296. The van der Waals surface area contributed by atoms with E-state index >= 15 is 0 Å². The number of carbonyl (C=O) groups excluding carboxylic acids is 2. The molecule has 0 bridgehead atoms. The smallest absolute Gasteiger partial charge is 0.265 e. The average Bonchev–Trinajstić information content (AvgIpc) is 3.53. The molecular weight excluding hydrogens is 430 g/mol. The molecule has 7 heteroatoms. The molecule has 5 rings (SSSR count). The van der Waals surface area contributed by atoms with E-state index in [2.05, 4.69) is 15.6 Å². The van der Waals surface area contributed by atoms with Crippen molar-refractivity contribution in [1.82, 2.24) is 10.3 Å². The van der Waals surface area contributed by atoms with Crippen LogP contribution in [0.25, 0.3) is 0 Å². The van der Waals surface area contributed by atoms with E-state index in [4.69, 9.17) is 9.47 Å². The summed E-state index contributed by atoms with van der Waals surface area (Å²) in [5, 5.41) is 5.80. The molecule has 1 aliphatic heterocycles. The van der Waals surface area contributed by atoms with E-state index in [0.29, 0.717) is 30.1 Å². The van der Waals surface area contributed by atoms with Crippen molar-refractivity contribution >= 4 is 17.5 Å². The number of para-hydroxylation sites is 1. The molecule has 2 aromatic carbocycles. The number of rotatable bonds is 7. The van der Waals surface area contributed by atoms with E-state index in [1.54, 1.807) is 30.5 Å². The SMILES string of the molecule is O=C(NCc1cccnc1OC1CCCC1)c1cccc(NC(=O)C2Cc3ccccc3O2)c1. The molecule has 0 spiro atoms. The van der Waals surface area contributed by atoms with Gasteiger partial charge < -0.3 is 20.1 Å². The molecule has 0 saturated heterocycles. The van der Waals surface area contributed by atoms with Gasteiger partial charge in [-0.05, 0) is 61.6 Å². The molecule has 7 nitrogen and oxygen atoms in total. The molecule has 2 amide bonds. The van der Waals surface area contributed by atoms with Gasteiger partial charge in [0.1, 0.15) is 11.9 Å². The maximum absolute atomic E-state index is 12.8. The van der Waals surface area contributed by atoms with E-state index in [0.717, 1.165) is 29.7 Å². The number of amides is 2. The van der Waals surface area contributed by atoms with Gasteiger partial charge in [0.15, 0.2) is 6.10 Å². The maximum Gasteiger partial charge on any atom is 0.265 e. The molecule has 2 heterocycles. The molecule has 2 aliphatic rings. The Bertz CT molecular complexity index is 1160. The Hall–Kier alpha value is -3.87. The lowest BCUT2D eigenvalue weighted by atomic mass is 10.1. The second-order valence-corrected chi connectivity index (χ2v) is 8.66. The summed E-state index contributed by atoms with van der Waals surface area (Å²) in [6, 6.07) is 18.3. The Morgan fingerprint density at radius 2 is 1.88 bits per heavy atom. The fourth-order valence-corrected chi connectivity index (χ4v) is 4.40. The highest BCUT2D eigenvalue weighted by atomic mass is 16.5. The van der Waals surface area contributed by atoms with Crippen LogP contribution < -0.4 is 20.1 Å². The summed E-state index contributed by atoms with van der Waals surface area (Å²) in [6.07, 6.45) is 6.27. The molecule has 1 saturated carbocycles. The fourth-order valence-electron chi connectivity index (χ4n) is 4.40. The quantitative estimate of drug-likeness (QED) is 0.553. The second kappa shape index (κ2) is 9.95. The van der Waals surface area contributed by atoms with Crippen LogP contribution in [0.15, 0.2) is 66.9 Å². The third-order valence-electron chi connectivity index (χ3n) is 6.20. The first-order valence-electron chi connectivity index (χ1n) is 11.7. The molecule has 1 aromatic heterocycles. The molecule has 34 heavy (non-hydrogen) atoms. The van der Waals surface area contributed by atoms with Gasteiger partial charge in [-0.2, -0.15) is 0 Å². The van der Waals surface area contributed by atoms with Crippen LogP contribution in [0, 0.1) is 0 Å². The number of anilines is 1. The normalized spacial score (nSPS) is 17.0. The van der Waals surface area contributed by atoms with Crippen molar-refractivity contribution in [2.45, 2.75) is 50.9 Å². The highest BCUT2D eigenvalue weighted by Crippen LogP contribution is 2.29. The summed E-state index contributed by atoms with van der Waals surface area (Å²) in [4.78, 5) is 29.9. The summed E-state index contributed by atoms with van der Waals surface area (Å²) in [5.41, 5.74) is 2.85. The second-order valence-electron chi connectivity index (χ2n) is 8.66. The number of pyridine rings is 1. The predicted octanol–water partition coefficient (Wildman–Crippen LogP) is 4.28. The number of hydrogen-bond acceptors (Lipinski definition) is 5. The van der Waals surface area contributed by atoms with Crippen molar-refractivity contribution in [3.05, 3.63) is 83.6 Å². The van der Waals surface area contributed by atoms with Gasteiger partial charge in [-0.25, -0.2) is 4.98 Å². The van der Waals surface area contributed by atoms with Gasteiger partial charge in [-0.1, -0.05) is 30.3 Å². The van der Waals surface area contributed by atoms with Crippen molar-refractivity contribution in [3.63, 3.8) is 0 Å². The van der Waals surface area contributed by atoms with Gasteiger partial charge in [0.05, 0.1) is 0 Å². The highest BCUT2D eigenvalue weighted by Gasteiger charge is 2.29. The van der Waals surface area contributed by atoms with Gasteiger partial charge >= 0.3 is 0 Å². The minimum absolute atomic E-state index is 0.196. The van der Waals surface area contributed by atoms with Crippen LogP contribution in [0.2, 0.25) is 0 Å². The summed E-state index contributed by atoms with van der Waals surface area (Å²) in [7, 11) is 0. The molecule has 1 aliphatic carbocycles. The van der Waals surface area contributed by atoms with Gasteiger partial charge in [0, 0.05) is 36.0 Å². The lowest BCUT2D eigenvalue weighted by Gasteiger charge is -2.15. The molecule has 1 fully saturated rings. The van der Waals surface area contributed by atoms with Crippen molar-refractivity contribution in [3.8, 4) is 11.6 Å². The number of fused-ring (bicyclic) bond motifs is 1. The van der Waals surface area contributed by atoms with E-state index < -0.39 is 6.10 Å². The van der Waals surface area contributed by atoms with Crippen LogP contribution >= 0.6 is 0 Å². The van der Waals surface area contributed by atoms with Crippen LogP contribution in [-0.4, -0.2) is 29.0 Å². The van der Waals surface area contributed by atoms with E-state index in [1.807, 2.05) is 36.4 Å². The lowest BCUT2D eigenvalue weighted by Crippen LogP contribution is -2.31. The number of aromatic nitrogens is 1. The summed E-state index contributed by atoms with van der Waals surface area (Å²) in [6.45, 7) is 0.305. The Morgan fingerprint density at radius 3 is 2.74 bits per heavy atom. The lowest BCUT2D eigenvalue weighted by molar-refractivity contribution is -0.122. The Morgan fingerprint density at radius 1 is 1.03 bits per heavy atom. The molecule has 3 aromatic rings. The van der Waals surface area contributed by atoms with Crippen LogP contribution in [0.4, 0.5) is 5.69 Å². The predicted molar refractivity (Wildman–Crippen MR) is 128 cm³/mol. The zero-order chi connectivity index (χ0) is 23.3. The minimum Gasteiger partial charge on any atom is -0.480 e. The van der Waals surface area contributed by atoms with Crippen molar-refractivity contribution in [2.75, 3.05) is 5.32 Å². The molecule has 174 valence electrons. The molecule has 1 atom stereocenters. The minimum atomic E-state index is -0.584. The standard InChI is InChI=1S/C27H27N3O4/c31-25(29-17-20-9-6-14-28-27(20)33-22-11-2-3-12-22)19-8-5-10-21(15-19)30-26(32)24-16-18-7-1-4-13-23(18)34-24/h1,4-10,13-15,22,24H,2-3,11-12,16-17H2,(H,29,31)(H,30,32). The van der Waals surface area contributed by atoms with Gasteiger partial charge in [-0.15, -0.1) is 0 Å². The number of nitrogens with zero attached hydrogens (tertiary/aromatic N) is 1. The van der Waals surface area contributed by atoms with Crippen molar-refractivity contribution in [2.24, 2.45) is 0 Å². The Kier molecular flexibility index (Phi) is 6.42. The van der Waals surface area contributed by atoms with E-state index in [1.165, 1.54) is 12.8 Å².